The predicted molar refractivity (Wildman–Crippen MR) is 140 cm³/mol. The lowest BCUT2D eigenvalue weighted by Crippen LogP contribution is -3.00. The van der Waals surface area contributed by atoms with E-state index in [0.29, 0.717) is 30.0 Å². The summed E-state index contributed by atoms with van der Waals surface area (Å²) >= 11 is 0. The summed E-state index contributed by atoms with van der Waals surface area (Å²) in [5.41, 5.74) is -1.68. The van der Waals surface area contributed by atoms with E-state index in [9.17, 15) is 23.1 Å². The second-order valence-electron chi connectivity index (χ2n) is 10.6. The van der Waals surface area contributed by atoms with Gasteiger partial charge in [0, 0.05) is 25.2 Å². The molecule has 1 atom stereocenters. The van der Waals surface area contributed by atoms with E-state index < -0.39 is 23.3 Å². The molecule has 40 heavy (non-hydrogen) atoms. The Morgan fingerprint density at radius 1 is 0.850 bits per heavy atom. The van der Waals surface area contributed by atoms with E-state index in [4.69, 9.17) is 9.47 Å². The standard InChI is InChI=1S/C31H33F3NO4.BrH/c32-31(33,34)26-12-14-27(15-13-26)38-21-7-18-35-19-16-23(17-20-35)28(22-35)39-29(36)30(37,24-8-3-1-4-9-24)25-10-5-2-6-11-25;/h1-6,8-15,23,28,37H,7,16-22H2;1H/q+1;/p-1. The van der Waals surface area contributed by atoms with Crippen molar-refractivity contribution in [1.82, 2.24) is 0 Å². The third kappa shape index (κ3) is 6.37. The number of hydrogen-bond acceptors (Lipinski definition) is 4. The fourth-order valence-corrected chi connectivity index (χ4v) is 5.98. The highest BCUT2D eigenvalue weighted by Crippen LogP contribution is 2.38. The first-order valence-corrected chi connectivity index (χ1v) is 13.4. The van der Waals surface area contributed by atoms with Crippen LogP contribution in [0.1, 0.15) is 36.0 Å². The largest absolute Gasteiger partial charge is 1.00 e. The zero-order chi connectivity index (χ0) is 27.5. The Kier molecular flexibility index (Phi) is 9.27. The number of nitrogens with zero attached hydrogens (tertiary/aromatic N) is 1. The first kappa shape index (κ1) is 30.1. The van der Waals surface area contributed by atoms with Crippen LogP contribution in [0, 0.1) is 5.92 Å². The molecule has 3 saturated heterocycles. The van der Waals surface area contributed by atoms with Crippen LogP contribution in [0.25, 0.3) is 0 Å². The van der Waals surface area contributed by atoms with E-state index in [1.54, 1.807) is 48.5 Å². The van der Waals surface area contributed by atoms with Crippen LogP contribution in [0.5, 0.6) is 5.75 Å². The van der Waals surface area contributed by atoms with Gasteiger partial charge in [-0.2, -0.15) is 13.2 Å². The Bertz CT molecular complexity index is 1210. The summed E-state index contributed by atoms with van der Waals surface area (Å²) in [6, 6.07) is 22.5. The molecule has 0 spiro atoms. The minimum atomic E-state index is -4.37. The Hall–Kier alpha value is -2.88. The third-order valence-corrected chi connectivity index (χ3v) is 8.21. The van der Waals surface area contributed by atoms with Gasteiger partial charge in [-0.15, -0.1) is 0 Å². The monoisotopic (exact) mass is 619 g/mol. The second-order valence-corrected chi connectivity index (χ2v) is 10.6. The molecule has 3 heterocycles. The van der Waals surface area contributed by atoms with Crippen LogP contribution in [0.15, 0.2) is 84.9 Å². The van der Waals surface area contributed by atoms with Crippen LogP contribution < -0.4 is 21.7 Å². The molecule has 214 valence electrons. The fraction of sp³-hybridized carbons (Fsp3) is 0.387. The van der Waals surface area contributed by atoms with Crippen LogP contribution in [0.2, 0.25) is 0 Å². The van der Waals surface area contributed by atoms with Crippen molar-refractivity contribution >= 4 is 5.97 Å². The number of ether oxygens (including phenoxy) is 2. The Labute approximate surface area is 242 Å². The maximum absolute atomic E-state index is 13.6. The third-order valence-electron chi connectivity index (χ3n) is 8.21. The first-order chi connectivity index (χ1) is 18.7. The summed E-state index contributed by atoms with van der Waals surface area (Å²) in [7, 11) is 0. The maximum Gasteiger partial charge on any atom is 0.416 e. The van der Waals surface area contributed by atoms with Crippen molar-refractivity contribution in [3.63, 3.8) is 0 Å². The molecule has 6 rings (SSSR count). The van der Waals surface area contributed by atoms with E-state index in [1.807, 2.05) is 12.1 Å². The number of quaternary nitrogens is 1. The minimum Gasteiger partial charge on any atom is -1.00 e. The number of carbonyl (C=O) groups excluding carboxylic acids is 1. The van der Waals surface area contributed by atoms with Gasteiger partial charge in [-0.25, -0.2) is 4.79 Å². The highest BCUT2D eigenvalue weighted by molar-refractivity contribution is 5.85. The highest BCUT2D eigenvalue weighted by atomic mass is 79.9. The second kappa shape index (κ2) is 12.3. The van der Waals surface area contributed by atoms with Crippen molar-refractivity contribution < 1.29 is 54.0 Å². The van der Waals surface area contributed by atoms with E-state index in [2.05, 4.69) is 0 Å². The number of alkyl halides is 3. The molecule has 3 aromatic rings. The lowest BCUT2D eigenvalue weighted by atomic mass is 9.82. The van der Waals surface area contributed by atoms with Crippen LogP contribution in [-0.4, -0.2) is 54.4 Å². The Balaban J connectivity index is 0.00000370. The molecule has 0 saturated carbocycles. The predicted octanol–water partition coefficient (Wildman–Crippen LogP) is 2.57. The molecule has 2 bridgehead atoms. The SMILES string of the molecule is O=C(OC1C[N+]2(CCCOc3ccc(C(F)(F)F)cc3)CCC1CC2)C(O)(c1ccccc1)c1ccccc1.[Br-]. The quantitative estimate of drug-likeness (QED) is 0.227. The summed E-state index contributed by atoms with van der Waals surface area (Å²) in [6.07, 6.45) is -2.06. The Morgan fingerprint density at radius 3 is 1.93 bits per heavy atom. The van der Waals surface area contributed by atoms with Gasteiger partial charge >= 0.3 is 12.1 Å². The van der Waals surface area contributed by atoms with Gasteiger partial charge in [-0.3, -0.25) is 0 Å². The van der Waals surface area contributed by atoms with Gasteiger partial charge < -0.3 is 36.0 Å². The Morgan fingerprint density at radius 2 is 1.40 bits per heavy atom. The molecule has 0 aliphatic carbocycles. The zero-order valence-corrected chi connectivity index (χ0v) is 23.6. The van der Waals surface area contributed by atoms with Crippen molar-refractivity contribution in [1.29, 1.82) is 0 Å². The topological polar surface area (TPSA) is 55.8 Å². The maximum atomic E-state index is 13.6. The van der Waals surface area contributed by atoms with E-state index in [0.717, 1.165) is 55.5 Å². The van der Waals surface area contributed by atoms with Crippen molar-refractivity contribution in [2.45, 2.75) is 37.1 Å². The summed E-state index contributed by atoms with van der Waals surface area (Å²) in [5.74, 6) is 0.00356. The molecule has 0 aromatic heterocycles. The van der Waals surface area contributed by atoms with Crippen LogP contribution in [0.3, 0.4) is 0 Å². The molecule has 0 amide bonds. The number of carbonyl (C=O) groups is 1. The molecular formula is C31H33BrF3NO4. The van der Waals surface area contributed by atoms with Crippen molar-refractivity contribution in [3.8, 4) is 5.75 Å². The van der Waals surface area contributed by atoms with Gasteiger partial charge in [0.25, 0.3) is 0 Å². The number of fused-ring (bicyclic) bond motifs is 3. The lowest BCUT2D eigenvalue weighted by Gasteiger charge is -2.52. The molecule has 1 unspecified atom stereocenters. The van der Waals surface area contributed by atoms with Gasteiger partial charge in [-0.1, -0.05) is 60.7 Å². The molecule has 1 N–H and O–H groups in total. The van der Waals surface area contributed by atoms with E-state index >= 15 is 0 Å². The average Bonchev–Trinajstić information content (AvgIpc) is 2.96. The number of piperidine rings is 3. The molecule has 9 heteroatoms. The van der Waals surface area contributed by atoms with Gasteiger partial charge in [-0.05, 0) is 35.4 Å². The number of esters is 1. The van der Waals surface area contributed by atoms with Crippen LogP contribution in [-0.2, 0) is 21.3 Å². The van der Waals surface area contributed by atoms with Crippen LogP contribution >= 0.6 is 0 Å². The summed E-state index contributed by atoms with van der Waals surface area (Å²) in [5, 5.41) is 11.8. The minimum absolute atomic E-state index is 0. The summed E-state index contributed by atoms with van der Waals surface area (Å²) < 4.78 is 51.0. The number of rotatable bonds is 9. The average molecular weight is 621 g/mol. The van der Waals surface area contributed by atoms with E-state index in [-0.39, 0.29) is 29.0 Å². The molecule has 5 nitrogen and oxygen atoms in total. The smallest absolute Gasteiger partial charge is 0.416 e. The van der Waals surface area contributed by atoms with Crippen LogP contribution in [0.4, 0.5) is 13.2 Å². The molecular weight excluding hydrogens is 587 g/mol. The molecule has 3 aliphatic heterocycles. The van der Waals surface area contributed by atoms with Crippen molar-refractivity contribution in [2.75, 3.05) is 32.8 Å². The zero-order valence-electron chi connectivity index (χ0n) is 22.0. The molecule has 3 aliphatic rings. The highest BCUT2D eigenvalue weighted by Gasteiger charge is 2.50. The van der Waals surface area contributed by atoms with Gasteiger partial charge in [0.1, 0.15) is 12.3 Å². The molecule has 0 radical (unpaired) electrons. The van der Waals surface area contributed by atoms with E-state index in [1.165, 1.54) is 12.1 Å². The fourth-order valence-electron chi connectivity index (χ4n) is 5.98. The van der Waals surface area contributed by atoms with Gasteiger partial charge in [0.05, 0.1) is 31.8 Å². The number of hydrogen-bond donors (Lipinski definition) is 1. The normalized spacial score (nSPS) is 22.3. The van der Waals surface area contributed by atoms with Crippen molar-refractivity contribution in [2.24, 2.45) is 5.92 Å². The summed E-state index contributed by atoms with van der Waals surface area (Å²) in [6.45, 7) is 3.86. The van der Waals surface area contributed by atoms with Gasteiger partial charge in [0.2, 0.25) is 5.60 Å². The first-order valence-electron chi connectivity index (χ1n) is 13.4. The lowest BCUT2D eigenvalue weighted by molar-refractivity contribution is -0.946. The van der Waals surface area contributed by atoms with Crippen molar-refractivity contribution in [3.05, 3.63) is 102 Å². The number of benzene rings is 3. The van der Waals surface area contributed by atoms with Gasteiger partial charge in [0.15, 0.2) is 6.10 Å². The molecule has 3 fully saturated rings. The number of halogens is 4. The number of aliphatic hydroxyl groups is 1. The summed E-state index contributed by atoms with van der Waals surface area (Å²) in [4.78, 5) is 13.6. The molecule has 3 aromatic carbocycles.